The van der Waals surface area contributed by atoms with Gasteiger partial charge in [-0.3, -0.25) is 9.59 Å². The minimum atomic E-state index is -0.299. The summed E-state index contributed by atoms with van der Waals surface area (Å²) in [5.74, 6) is 1.36. The Morgan fingerprint density at radius 1 is 1.07 bits per heavy atom. The molecule has 2 amide bonds. The van der Waals surface area contributed by atoms with Gasteiger partial charge in [0.15, 0.2) is 11.5 Å². The second kappa shape index (κ2) is 9.06. The Labute approximate surface area is 181 Å². The molecule has 9 heteroatoms. The fourth-order valence-corrected chi connectivity index (χ4v) is 3.54. The van der Waals surface area contributed by atoms with E-state index in [2.05, 4.69) is 10.6 Å². The lowest BCUT2D eigenvalue weighted by molar-refractivity contribution is 0.0945. The SMILES string of the molecule is O=C(NCCOc1ccc2c(c1)OCO2)c1ccc(Cl)c(NC(=O)c2cccs2)c1. The van der Waals surface area contributed by atoms with Crippen molar-refractivity contribution in [2.24, 2.45) is 0 Å². The van der Waals surface area contributed by atoms with Crippen molar-refractivity contribution in [3.05, 3.63) is 69.4 Å². The molecule has 2 N–H and O–H groups in total. The van der Waals surface area contributed by atoms with Crippen LogP contribution in [0.3, 0.4) is 0 Å². The van der Waals surface area contributed by atoms with Crippen LogP contribution in [-0.4, -0.2) is 31.8 Å². The molecular weight excluding hydrogens is 428 g/mol. The van der Waals surface area contributed by atoms with E-state index in [9.17, 15) is 9.59 Å². The average molecular weight is 445 g/mol. The molecular formula is C21H17ClN2O5S. The first-order valence-electron chi connectivity index (χ1n) is 9.05. The number of nitrogens with one attached hydrogen (secondary N) is 2. The van der Waals surface area contributed by atoms with Gasteiger partial charge in [0, 0.05) is 11.6 Å². The third kappa shape index (κ3) is 4.67. The lowest BCUT2D eigenvalue weighted by Crippen LogP contribution is -2.28. The lowest BCUT2D eigenvalue weighted by atomic mass is 10.2. The van der Waals surface area contributed by atoms with Gasteiger partial charge < -0.3 is 24.8 Å². The zero-order valence-corrected chi connectivity index (χ0v) is 17.2. The highest BCUT2D eigenvalue weighted by Gasteiger charge is 2.14. The van der Waals surface area contributed by atoms with Gasteiger partial charge in [-0.25, -0.2) is 0 Å². The number of carbonyl (C=O) groups is 2. The number of anilines is 1. The molecule has 0 aliphatic carbocycles. The molecule has 2 heterocycles. The van der Waals surface area contributed by atoms with Gasteiger partial charge in [0.1, 0.15) is 12.4 Å². The molecule has 1 aromatic heterocycles. The second-order valence-corrected chi connectivity index (χ2v) is 7.60. The van der Waals surface area contributed by atoms with Crippen LogP contribution in [0.2, 0.25) is 5.02 Å². The quantitative estimate of drug-likeness (QED) is 0.533. The second-order valence-electron chi connectivity index (χ2n) is 6.25. The van der Waals surface area contributed by atoms with Crippen molar-refractivity contribution >= 4 is 40.4 Å². The summed E-state index contributed by atoms with van der Waals surface area (Å²) >= 11 is 7.48. The molecule has 4 rings (SSSR count). The molecule has 0 radical (unpaired) electrons. The predicted octanol–water partition coefficient (Wildman–Crippen LogP) is 4.19. The normalized spacial score (nSPS) is 11.8. The van der Waals surface area contributed by atoms with Crippen molar-refractivity contribution in [1.29, 1.82) is 0 Å². The highest BCUT2D eigenvalue weighted by molar-refractivity contribution is 7.12. The Kier molecular flexibility index (Phi) is 6.06. The molecule has 0 unspecified atom stereocenters. The van der Waals surface area contributed by atoms with Gasteiger partial charge in [-0.2, -0.15) is 0 Å². The Morgan fingerprint density at radius 3 is 2.77 bits per heavy atom. The van der Waals surface area contributed by atoms with E-state index in [0.29, 0.717) is 44.9 Å². The van der Waals surface area contributed by atoms with E-state index in [1.165, 1.54) is 11.3 Å². The van der Waals surface area contributed by atoms with E-state index in [0.717, 1.165) is 0 Å². The highest BCUT2D eigenvalue weighted by Crippen LogP contribution is 2.35. The number of fused-ring (bicyclic) bond motifs is 1. The molecule has 30 heavy (non-hydrogen) atoms. The number of carbonyl (C=O) groups excluding carboxylic acids is 2. The van der Waals surface area contributed by atoms with E-state index in [1.54, 1.807) is 48.5 Å². The molecule has 0 spiro atoms. The third-order valence-corrected chi connectivity index (χ3v) is 5.42. The molecule has 0 atom stereocenters. The number of amides is 2. The molecule has 0 fully saturated rings. The number of hydrogen-bond acceptors (Lipinski definition) is 6. The van der Waals surface area contributed by atoms with Gasteiger partial charge in [-0.1, -0.05) is 17.7 Å². The third-order valence-electron chi connectivity index (χ3n) is 4.22. The summed E-state index contributed by atoms with van der Waals surface area (Å²) in [5.41, 5.74) is 0.753. The maximum atomic E-state index is 12.4. The summed E-state index contributed by atoms with van der Waals surface area (Å²) in [7, 11) is 0. The summed E-state index contributed by atoms with van der Waals surface area (Å²) < 4.78 is 16.2. The fraction of sp³-hybridized carbons (Fsp3) is 0.143. The smallest absolute Gasteiger partial charge is 0.265 e. The summed E-state index contributed by atoms with van der Waals surface area (Å²) in [6.07, 6.45) is 0. The van der Waals surface area contributed by atoms with Crippen LogP contribution in [0.5, 0.6) is 17.2 Å². The Morgan fingerprint density at radius 2 is 1.93 bits per heavy atom. The molecule has 1 aliphatic heterocycles. The monoisotopic (exact) mass is 444 g/mol. The summed E-state index contributed by atoms with van der Waals surface area (Å²) in [5, 5.41) is 7.67. The van der Waals surface area contributed by atoms with Gasteiger partial charge in [0.05, 0.1) is 22.1 Å². The van der Waals surface area contributed by atoms with E-state index >= 15 is 0 Å². The van der Waals surface area contributed by atoms with Crippen LogP contribution in [0.1, 0.15) is 20.0 Å². The molecule has 154 valence electrons. The van der Waals surface area contributed by atoms with Gasteiger partial charge in [0.2, 0.25) is 6.79 Å². The first-order valence-corrected chi connectivity index (χ1v) is 10.3. The predicted molar refractivity (Wildman–Crippen MR) is 114 cm³/mol. The summed E-state index contributed by atoms with van der Waals surface area (Å²) in [6.45, 7) is 0.777. The number of hydrogen-bond donors (Lipinski definition) is 2. The number of halogens is 1. The molecule has 1 aliphatic rings. The van der Waals surface area contributed by atoms with Crippen molar-refractivity contribution in [2.45, 2.75) is 0 Å². The summed E-state index contributed by atoms with van der Waals surface area (Å²) in [4.78, 5) is 25.2. The maximum Gasteiger partial charge on any atom is 0.265 e. The van der Waals surface area contributed by atoms with E-state index in [1.807, 2.05) is 5.38 Å². The number of benzene rings is 2. The molecule has 0 saturated carbocycles. The van der Waals surface area contributed by atoms with Crippen LogP contribution in [0.25, 0.3) is 0 Å². The molecule has 7 nitrogen and oxygen atoms in total. The maximum absolute atomic E-state index is 12.4. The topological polar surface area (TPSA) is 85.9 Å². The van der Waals surface area contributed by atoms with Crippen LogP contribution in [0, 0.1) is 0 Å². The van der Waals surface area contributed by atoms with E-state index in [4.69, 9.17) is 25.8 Å². The van der Waals surface area contributed by atoms with Crippen LogP contribution >= 0.6 is 22.9 Å². The van der Waals surface area contributed by atoms with Crippen LogP contribution < -0.4 is 24.8 Å². The highest BCUT2D eigenvalue weighted by atomic mass is 35.5. The minimum Gasteiger partial charge on any atom is -0.492 e. The van der Waals surface area contributed by atoms with Crippen molar-refractivity contribution in [2.75, 3.05) is 25.3 Å². The number of ether oxygens (including phenoxy) is 3. The van der Waals surface area contributed by atoms with Crippen molar-refractivity contribution in [3.8, 4) is 17.2 Å². The zero-order valence-electron chi connectivity index (χ0n) is 15.6. The zero-order chi connectivity index (χ0) is 20.9. The van der Waals surface area contributed by atoms with Crippen molar-refractivity contribution < 1.29 is 23.8 Å². The lowest BCUT2D eigenvalue weighted by Gasteiger charge is -2.10. The van der Waals surface area contributed by atoms with Gasteiger partial charge in [0.25, 0.3) is 11.8 Å². The fourth-order valence-electron chi connectivity index (χ4n) is 2.76. The van der Waals surface area contributed by atoms with Crippen LogP contribution in [0.15, 0.2) is 53.9 Å². The molecule has 2 aromatic carbocycles. The van der Waals surface area contributed by atoms with Crippen molar-refractivity contribution in [1.82, 2.24) is 5.32 Å². The molecule has 3 aromatic rings. The van der Waals surface area contributed by atoms with Crippen molar-refractivity contribution in [3.63, 3.8) is 0 Å². The first-order chi connectivity index (χ1) is 14.6. The number of rotatable bonds is 7. The Hall–Kier alpha value is -3.23. The number of thiophene rings is 1. The van der Waals surface area contributed by atoms with Gasteiger partial charge in [-0.05, 0) is 41.8 Å². The standard InChI is InChI=1S/C21H17ClN2O5S/c22-15-5-3-13(10-16(15)24-21(26)19-2-1-9-30-19)20(25)23-7-8-27-14-4-6-17-18(11-14)29-12-28-17/h1-6,9-11H,7-8,12H2,(H,23,25)(H,24,26). The van der Waals surface area contributed by atoms with E-state index < -0.39 is 0 Å². The molecule has 0 bridgehead atoms. The minimum absolute atomic E-state index is 0.200. The average Bonchev–Trinajstić information content (AvgIpc) is 3.44. The van der Waals surface area contributed by atoms with Gasteiger partial charge in [-0.15, -0.1) is 11.3 Å². The van der Waals surface area contributed by atoms with Crippen LogP contribution in [0.4, 0.5) is 5.69 Å². The van der Waals surface area contributed by atoms with E-state index in [-0.39, 0.29) is 25.2 Å². The van der Waals surface area contributed by atoms with Crippen LogP contribution in [-0.2, 0) is 0 Å². The largest absolute Gasteiger partial charge is 0.492 e. The Bertz CT molecular complexity index is 1070. The molecule has 0 saturated heterocycles. The Balaban J connectivity index is 1.30. The summed E-state index contributed by atoms with van der Waals surface area (Å²) in [6, 6.07) is 13.5. The first kappa shape index (κ1) is 20.1. The van der Waals surface area contributed by atoms with Gasteiger partial charge >= 0.3 is 0 Å².